The summed E-state index contributed by atoms with van der Waals surface area (Å²) in [6, 6.07) is 29.0. The van der Waals surface area contributed by atoms with Crippen molar-refractivity contribution in [1.29, 1.82) is 0 Å². The molecule has 4 aromatic rings. The highest BCUT2D eigenvalue weighted by Gasteiger charge is 2.08. The van der Waals surface area contributed by atoms with Crippen LogP contribution in [0.25, 0.3) is 10.8 Å². The maximum atomic E-state index is 11.9. The Balaban J connectivity index is 1.34. The molecule has 1 amide bonds. The first-order valence-electron chi connectivity index (χ1n) is 10.5. The van der Waals surface area contributed by atoms with Crippen LogP contribution in [0.5, 0.6) is 11.5 Å². The Hall–Kier alpha value is -4.32. The molecule has 6 nitrogen and oxygen atoms in total. The Labute approximate surface area is 192 Å². The van der Waals surface area contributed by atoms with Crippen LogP contribution in [0.4, 0.5) is 5.69 Å². The number of benzene rings is 4. The molecule has 4 aromatic carbocycles. The van der Waals surface area contributed by atoms with Crippen molar-refractivity contribution in [2.75, 3.05) is 19.0 Å². The maximum Gasteiger partial charge on any atom is 0.265 e. The van der Waals surface area contributed by atoms with Gasteiger partial charge in [-0.3, -0.25) is 4.79 Å². The molecule has 0 aliphatic rings. The van der Waals surface area contributed by atoms with Crippen molar-refractivity contribution >= 4 is 28.6 Å². The van der Waals surface area contributed by atoms with Gasteiger partial charge in [-0.05, 0) is 46.7 Å². The zero-order chi connectivity index (χ0) is 22.9. The average Bonchev–Trinajstić information content (AvgIpc) is 2.86. The number of carbonyl (C=O) groups excluding carboxylic acids is 1. The van der Waals surface area contributed by atoms with Gasteiger partial charge >= 0.3 is 0 Å². The molecule has 0 bridgehead atoms. The number of methoxy groups -OCH3 is 1. The van der Waals surface area contributed by atoms with Crippen LogP contribution in [0.2, 0.25) is 0 Å². The summed E-state index contributed by atoms with van der Waals surface area (Å²) in [5.41, 5.74) is 2.56. The zero-order valence-corrected chi connectivity index (χ0v) is 18.2. The second-order valence-electron chi connectivity index (χ2n) is 7.26. The summed E-state index contributed by atoms with van der Waals surface area (Å²) in [6.45, 7) is 0.236. The van der Waals surface area contributed by atoms with Crippen molar-refractivity contribution in [3.63, 3.8) is 0 Å². The van der Waals surface area contributed by atoms with Crippen LogP contribution in [0, 0.1) is 0 Å². The van der Waals surface area contributed by atoms with E-state index in [1.54, 1.807) is 25.3 Å². The Kier molecular flexibility index (Phi) is 7.18. The van der Waals surface area contributed by atoms with Crippen LogP contribution in [-0.2, 0) is 16.2 Å². The molecule has 166 valence electrons. The monoisotopic (exact) mass is 440 g/mol. The Morgan fingerprint density at radius 2 is 1.70 bits per heavy atom. The molecule has 0 saturated carbocycles. The summed E-state index contributed by atoms with van der Waals surface area (Å²) in [4.78, 5) is 17.0. The number of oxime groups is 1. The average molecular weight is 440 g/mol. The van der Waals surface area contributed by atoms with Gasteiger partial charge in [0.05, 0.1) is 13.3 Å². The first-order chi connectivity index (χ1) is 16.2. The summed E-state index contributed by atoms with van der Waals surface area (Å²) in [7, 11) is 1.59. The Bertz CT molecular complexity index is 1250. The molecule has 0 atom stereocenters. The molecule has 0 aromatic heterocycles. The van der Waals surface area contributed by atoms with Gasteiger partial charge in [0.15, 0.2) is 18.1 Å². The van der Waals surface area contributed by atoms with E-state index in [-0.39, 0.29) is 12.5 Å². The number of anilines is 1. The van der Waals surface area contributed by atoms with Crippen LogP contribution >= 0.6 is 0 Å². The molecule has 4 rings (SSSR count). The van der Waals surface area contributed by atoms with Crippen molar-refractivity contribution < 1.29 is 19.1 Å². The first-order valence-corrected chi connectivity index (χ1v) is 10.5. The van der Waals surface area contributed by atoms with E-state index in [4.69, 9.17) is 14.3 Å². The van der Waals surface area contributed by atoms with E-state index in [0.717, 1.165) is 16.5 Å². The molecule has 0 heterocycles. The van der Waals surface area contributed by atoms with Crippen LogP contribution in [0.15, 0.2) is 96.2 Å². The number of para-hydroxylation sites is 1. The molecule has 1 N–H and O–H groups in total. The van der Waals surface area contributed by atoms with Crippen LogP contribution in [-0.4, -0.2) is 25.8 Å². The highest BCUT2D eigenvalue weighted by Crippen LogP contribution is 2.29. The first kappa shape index (κ1) is 21.9. The number of hydrogen-bond acceptors (Lipinski definition) is 5. The quantitative estimate of drug-likeness (QED) is 0.279. The molecule has 33 heavy (non-hydrogen) atoms. The molecular formula is C27H24N2O4. The van der Waals surface area contributed by atoms with Gasteiger partial charge in [-0.2, -0.15) is 0 Å². The molecule has 0 fully saturated rings. The van der Waals surface area contributed by atoms with Crippen LogP contribution in [0.1, 0.15) is 11.1 Å². The van der Waals surface area contributed by atoms with Crippen molar-refractivity contribution in [3.05, 3.63) is 102 Å². The van der Waals surface area contributed by atoms with Gasteiger partial charge < -0.3 is 19.6 Å². The largest absolute Gasteiger partial charge is 0.493 e. The molecule has 0 spiro atoms. The molecule has 0 radical (unpaired) electrons. The van der Waals surface area contributed by atoms with E-state index in [9.17, 15) is 4.79 Å². The van der Waals surface area contributed by atoms with Gasteiger partial charge in [-0.15, -0.1) is 0 Å². The molecule has 0 unspecified atom stereocenters. The molecule has 6 heteroatoms. The summed E-state index contributed by atoms with van der Waals surface area (Å²) in [6.07, 6.45) is 1.52. The fourth-order valence-corrected chi connectivity index (χ4v) is 3.37. The van der Waals surface area contributed by atoms with E-state index in [1.165, 1.54) is 11.6 Å². The number of carbonyl (C=O) groups is 1. The van der Waals surface area contributed by atoms with E-state index >= 15 is 0 Å². The van der Waals surface area contributed by atoms with Gasteiger partial charge in [-0.1, -0.05) is 65.8 Å². The van der Waals surface area contributed by atoms with E-state index < -0.39 is 0 Å². The normalized spacial score (nSPS) is 10.8. The number of nitrogens with one attached hydrogen (secondary N) is 1. The number of nitrogens with zero attached hydrogens (tertiary/aromatic N) is 1. The third-order valence-electron chi connectivity index (χ3n) is 4.98. The topological polar surface area (TPSA) is 69.2 Å². The van der Waals surface area contributed by atoms with Crippen molar-refractivity contribution in [1.82, 2.24) is 0 Å². The fraction of sp³-hybridized carbons (Fsp3) is 0.111. The lowest BCUT2D eigenvalue weighted by Gasteiger charge is -2.12. The number of hydrogen-bond donors (Lipinski definition) is 1. The van der Waals surface area contributed by atoms with E-state index in [2.05, 4.69) is 34.7 Å². The van der Waals surface area contributed by atoms with E-state index in [1.807, 2.05) is 48.5 Å². The van der Waals surface area contributed by atoms with E-state index in [0.29, 0.717) is 23.8 Å². The smallest absolute Gasteiger partial charge is 0.265 e. The lowest BCUT2D eigenvalue weighted by atomic mass is 10.1. The van der Waals surface area contributed by atoms with Crippen LogP contribution in [0.3, 0.4) is 0 Å². The second kappa shape index (κ2) is 10.8. The lowest BCUT2D eigenvalue weighted by molar-refractivity contribution is -0.120. The Morgan fingerprint density at radius 1 is 0.909 bits per heavy atom. The molecular weight excluding hydrogens is 416 g/mol. The van der Waals surface area contributed by atoms with Crippen molar-refractivity contribution in [2.24, 2.45) is 5.16 Å². The predicted molar refractivity (Wildman–Crippen MR) is 130 cm³/mol. The second-order valence-corrected chi connectivity index (χ2v) is 7.26. The minimum absolute atomic E-state index is 0.186. The minimum Gasteiger partial charge on any atom is -0.493 e. The van der Waals surface area contributed by atoms with Gasteiger partial charge in [0.1, 0.15) is 6.61 Å². The number of amides is 1. The zero-order valence-electron chi connectivity index (χ0n) is 18.2. The van der Waals surface area contributed by atoms with Crippen molar-refractivity contribution in [3.8, 4) is 11.5 Å². The summed E-state index contributed by atoms with van der Waals surface area (Å²) >= 11 is 0. The molecule has 0 aliphatic heterocycles. The highest BCUT2D eigenvalue weighted by atomic mass is 16.6. The lowest BCUT2D eigenvalue weighted by Crippen LogP contribution is -2.16. The summed E-state index contributed by atoms with van der Waals surface area (Å²) < 4.78 is 11.5. The molecule has 0 aliphatic carbocycles. The third-order valence-corrected chi connectivity index (χ3v) is 4.98. The number of rotatable bonds is 9. The standard InChI is InChI=1S/C27H24N2O4/c1-31-26-16-20(17-28-33-19-27(30)29-23-11-3-2-4-12-23)14-15-25(26)32-18-22-10-7-9-21-8-5-6-13-24(21)22/h2-17H,18-19H2,1H3,(H,29,30)/b28-17+. The predicted octanol–water partition coefficient (Wildman–Crippen LogP) is 5.42. The van der Waals surface area contributed by atoms with Crippen LogP contribution < -0.4 is 14.8 Å². The minimum atomic E-state index is -0.284. The van der Waals surface area contributed by atoms with Gasteiger partial charge in [0.2, 0.25) is 0 Å². The van der Waals surface area contributed by atoms with Gasteiger partial charge in [0, 0.05) is 11.3 Å². The fourth-order valence-electron chi connectivity index (χ4n) is 3.37. The number of fused-ring (bicyclic) bond motifs is 1. The summed E-state index contributed by atoms with van der Waals surface area (Å²) in [5.74, 6) is 0.930. The van der Waals surface area contributed by atoms with Crippen molar-refractivity contribution in [2.45, 2.75) is 6.61 Å². The van der Waals surface area contributed by atoms with Gasteiger partial charge in [0.25, 0.3) is 5.91 Å². The number of ether oxygens (including phenoxy) is 2. The Morgan fingerprint density at radius 3 is 2.55 bits per heavy atom. The summed E-state index contributed by atoms with van der Waals surface area (Å²) in [5, 5.41) is 8.94. The van der Waals surface area contributed by atoms with Gasteiger partial charge in [-0.25, -0.2) is 0 Å². The maximum absolute atomic E-state index is 11.9. The SMILES string of the molecule is COc1cc(/C=N/OCC(=O)Nc2ccccc2)ccc1OCc1cccc2ccccc12. The molecule has 0 saturated heterocycles. The highest BCUT2D eigenvalue weighted by molar-refractivity contribution is 5.91. The third kappa shape index (κ3) is 5.89.